The van der Waals surface area contributed by atoms with Crippen molar-refractivity contribution in [2.75, 3.05) is 18.4 Å². The highest BCUT2D eigenvalue weighted by Crippen LogP contribution is 2.23. The molecule has 6 nitrogen and oxygen atoms in total. The molecule has 0 unspecified atom stereocenters. The molecule has 1 aliphatic rings. The first-order valence-electron chi connectivity index (χ1n) is 7.06. The minimum Gasteiger partial charge on any atom is -0.338 e. The summed E-state index contributed by atoms with van der Waals surface area (Å²) in [5.74, 6) is -0.0325. The topological polar surface area (TPSA) is 75.2 Å². The lowest BCUT2D eigenvalue weighted by atomic mass is 9.96. The summed E-state index contributed by atoms with van der Waals surface area (Å²) in [7, 11) is 0. The minimum atomic E-state index is -0.0713. The Morgan fingerprint density at radius 1 is 1.32 bits per heavy atom. The van der Waals surface area contributed by atoms with Crippen molar-refractivity contribution in [1.82, 2.24) is 15.1 Å². The number of hydrogen-bond donors (Lipinski definition) is 1. The smallest absolute Gasteiger partial charge is 0.263 e. The van der Waals surface area contributed by atoms with Crippen LogP contribution in [0, 0.1) is 12.8 Å². The Morgan fingerprint density at radius 3 is 2.68 bits per heavy atom. The number of nitrogens with zero attached hydrogens (tertiary/aromatic N) is 3. The van der Waals surface area contributed by atoms with Crippen LogP contribution in [-0.4, -0.2) is 40.0 Å². The van der Waals surface area contributed by atoms with Crippen molar-refractivity contribution < 1.29 is 9.59 Å². The number of carbonyl (C=O) groups excluding carboxylic acids is 2. The molecule has 0 spiro atoms. The zero-order valence-corrected chi connectivity index (χ0v) is 13.7. The maximum Gasteiger partial charge on any atom is 0.263 e. The monoisotopic (exact) mass is 336 g/mol. The maximum absolute atomic E-state index is 12.4. The number of amides is 2. The Hall–Kier alpha value is -1.80. The van der Waals surface area contributed by atoms with E-state index in [4.69, 9.17) is 0 Å². The van der Waals surface area contributed by atoms with Gasteiger partial charge in [-0.2, -0.15) is 0 Å². The van der Waals surface area contributed by atoms with E-state index in [0.717, 1.165) is 9.75 Å². The van der Waals surface area contributed by atoms with Crippen molar-refractivity contribution >= 4 is 39.6 Å². The molecule has 0 aromatic carbocycles. The van der Waals surface area contributed by atoms with Gasteiger partial charge in [0.25, 0.3) is 5.91 Å². The second-order valence-electron chi connectivity index (χ2n) is 5.21. The Kier molecular flexibility index (Phi) is 4.49. The SMILES string of the molecule is Cc1ccc(C(=O)N2CCC(C(=O)Nc3nncs3)CC2)s1. The Balaban J connectivity index is 1.54. The fourth-order valence-electron chi connectivity index (χ4n) is 2.49. The quantitative estimate of drug-likeness (QED) is 0.934. The minimum absolute atomic E-state index is 0.0317. The summed E-state index contributed by atoms with van der Waals surface area (Å²) in [5.41, 5.74) is 1.58. The van der Waals surface area contributed by atoms with E-state index in [1.165, 1.54) is 22.7 Å². The van der Waals surface area contributed by atoms with Crippen LogP contribution in [-0.2, 0) is 4.79 Å². The van der Waals surface area contributed by atoms with Crippen LogP contribution in [0.3, 0.4) is 0 Å². The van der Waals surface area contributed by atoms with Crippen LogP contribution in [0.15, 0.2) is 17.6 Å². The highest BCUT2D eigenvalue weighted by molar-refractivity contribution is 7.14. The van der Waals surface area contributed by atoms with Crippen molar-refractivity contribution in [1.29, 1.82) is 0 Å². The molecule has 0 bridgehead atoms. The molecule has 0 saturated carbocycles. The van der Waals surface area contributed by atoms with E-state index in [1.54, 1.807) is 5.51 Å². The lowest BCUT2D eigenvalue weighted by Crippen LogP contribution is -2.41. The van der Waals surface area contributed by atoms with E-state index in [-0.39, 0.29) is 17.7 Å². The molecule has 1 fully saturated rings. The molecule has 1 N–H and O–H groups in total. The Morgan fingerprint density at radius 2 is 2.09 bits per heavy atom. The van der Waals surface area contributed by atoms with Gasteiger partial charge in [-0.15, -0.1) is 21.5 Å². The average Bonchev–Trinajstić information content (AvgIpc) is 3.18. The number of hydrogen-bond acceptors (Lipinski definition) is 6. The van der Waals surface area contributed by atoms with Gasteiger partial charge < -0.3 is 10.2 Å². The summed E-state index contributed by atoms with van der Waals surface area (Å²) in [6.45, 7) is 3.22. The van der Waals surface area contributed by atoms with Crippen LogP contribution in [0.2, 0.25) is 0 Å². The number of aromatic nitrogens is 2. The fraction of sp³-hybridized carbons (Fsp3) is 0.429. The summed E-state index contributed by atoms with van der Waals surface area (Å²) < 4.78 is 0. The van der Waals surface area contributed by atoms with Crippen LogP contribution in [0.25, 0.3) is 0 Å². The third-order valence-corrected chi connectivity index (χ3v) is 5.29. The number of thiophene rings is 1. The summed E-state index contributed by atoms with van der Waals surface area (Å²) in [6, 6.07) is 3.83. The summed E-state index contributed by atoms with van der Waals surface area (Å²) in [5, 5.41) is 10.8. The van der Waals surface area contributed by atoms with Crippen molar-refractivity contribution in [3.63, 3.8) is 0 Å². The van der Waals surface area contributed by atoms with Crippen molar-refractivity contribution in [2.24, 2.45) is 5.92 Å². The molecule has 1 saturated heterocycles. The van der Waals surface area contributed by atoms with Gasteiger partial charge in [-0.3, -0.25) is 9.59 Å². The van der Waals surface area contributed by atoms with Gasteiger partial charge >= 0.3 is 0 Å². The molecule has 0 radical (unpaired) electrons. The van der Waals surface area contributed by atoms with Crippen LogP contribution in [0.1, 0.15) is 27.4 Å². The molecule has 2 amide bonds. The maximum atomic E-state index is 12.4. The molecule has 22 heavy (non-hydrogen) atoms. The lowest BCUT2D eigenvalue weighted by molar-refractivity contribution is -0.121. The van der Waals surface area contributed by atoms with Gasteiger partial charge in [0.15, 0.2) is 0 Å². The Bertz CT molecular complexity index is 660. The fourth-order valence-corrected chi connectivity index (χ4v) is 3.77. The first kappa shape index (κ1) is 15.1. The van der Waals surface area contributed by atoms with Crippen LogP contribution in [0.4, 0.5) is 5.13 Å². The first-order valence-corrected chi connectivity index (χ1v) is 8.76. The van der Waals surface area contributed by atoms with Gasteiger partial charge in [-0.05, 0) is 31.9 Å². The molecule has 116 valence electrons. The molecule has 0 atom stereocenters. The summed E-state index contributed by atoms with van der Waals surface area (Å²) in [4.78, 5) is 28.2. The van der Waals surface area contributed by atoms with E-state index >= 15 is 0 Å². The molecule has 1 aliphatic heterocycles. The molecule has 2 aromatic heterocycles. The van der Waals surface area contributed by atoms with Gasteiger partial charge in [0.1, 0.15) is 5.51 Å². The normalized spacial score (nSPS) is 15.8. The second-order valence-corrected chi connectivity index (χ2v) is 7.33. The predicted octanol–water partition coefficient (Wildman–Crippen LogP) is 2.40. The van der Waals surface area contributed by atoms with Crippen molar-refractivity contribution in [2.45, 2.75) is 19.8 Å². The van der Waals surface area contributed by atoms with Crippen molar-refractivity contribution in [3.8, 4) is 0 Å². The number of anilines is 1. The summed E-state index contributed by atoms with van der Waals surface area (Å²) in [6.07, 6.45) is 1.36. The van der Waals surface area contributed by atoms with E-state index < -0.39 is 0 Å². The standard InChI is InChI=1S/C14H16N4O2S2/c1-9-2-3-11(22-9)13(20)18-6-4-10(5-7-18)12(19)16-14-17-15-8-21-14/h2-3,8,10H,4-7H2,1H3,(H,16,17,19). The Labute approximate surface area is 136 Å². The second kappa shape index (κ2) is 6.53. The highest BCUT2D eigenvalue weighted by Gasteiger charge is 2.28. The van der Waals surface area contributed by atoms with Gasteiger partial charge in [0, 0.05) is 23.9 Å². The van der Waals surface area contributed by atoms with Gasteiger partial charge in [0.05, 0.1) is 4.88 Å². The van der Waals surface area contributed by atoms with Crippen LogP contribution >= 0.6 is 22.7 Å². The largest absolute Gasteiger partial charge is 0.338 e. The highest BCUT2D eigenvalue weighted by atomic mass is 32.1. The molecular formula is C14H16N4O2S2. The van der Waals surface area contributed by atoms with Gasteiger partial charge in [0.2, 0.25) is 11.0 Å². The predicted molar refractivity (Wildman–Crippen MR) is 86.2 cm³/mol. The molecular weight excluding hydrogens is 320 g/mol. The van der Waals surface area contributed by atoms with Gasteiger partial charge in [-0.1, -0.05) is 11.3 Å². The van der Waals surface area contributed by atoms with Gasteiger partial charge in [-0.25, -0.2) is 0 Å². The molecule has 3 heterocycles. The van der Waals surface area contributed by atoms with E-state index in [2.05, 4.69) is 15.5 Å². The third-order valence-electron chi connectivity index (χ3n) is 3.69. The third kappa shape index (κ3) is 3.33. The average molecular weight is 336 g/mol. The summed E-state index contributed by atoms with van der Waals surface area (Å²) >= 11 is 2.82. The number of likely N-dealkylation sites (tertiary alicyclic amines) is 1. The number of piperidine rings is 1. The van der Waals surface area contributed by atoms with Crippen LogP contribution < -0.4 is 5.32 Å². The zero-order valence-electron chi connectivity index (χ0n) is 12.1. The molecule has 0 aliphatic carbocycles. The van der Waals surface area contributed by atoms with E-state index in [1.807, 2.05) is 24.0 Å². The molecule has 3 rings (SSSR count). The molecule has 8 heteroatoms. The molecule has 2 aromatic rings. The lowest BCUT2D eigenvalue weighted by Gasteiger charge is -2.30. The van der Waals surface area contributed by atoms with E-state index in [9.17, 15) is 9.59 Å². The first-order chi connectivity index (χ1) is 10.6. The van der Waals surface area contributed by atoms with E-state index in [0.29, 0.717) is 31.1 Å². The number of carbonyl (C=O) groups is 2. The number of rotatable bonds is 3. The van der Waals surface area contributed by atoms with Crippen molar-refractivity contribution in [3.05, 3.63) is 27.4 Å². The number of aryl methyl sites for hydroxylation is 1. The zero-order chi connectivity index (χ0) is 15.5. The number of nitrogens with one attached hydrogen (secondary N) is 1. The van der Waals surface area contributed by atoms with Crippen LogP contribution in [0.5, 0.6) is 0 Å².